The molecule has 0 saturated carbocycles. The first kappa shape index (κ1) is 26.8. The summed E-state index contributed by atoms with van der Waals surface area (Å²) in [7, 11) is 3.09. The van der Waals surface area contributed by atoms with E-state index < -0.39 is 24.2 Å². The zero-order valence-electron chi connectivity index (χ0n) is 21.3. The fourth-order valence-corrected chi connectivity index (χ4v) is 4.39. The lowest BCUT2D eigenvalue weighted by Crippen LogP contribution is -2.45. The van der Waals surface area contributed by atoms with Crippen LogP contribution >= 0.6 is 0 Å². The summed E-state index contributed by atoms with van der Waals surface area (Å²) in [6, 6.07) is 22.8. The first-order valence-electron chi connectivity index (χ1n) is 12.3. The Kier molecular flexibility index (Phi) is 9.02. The van der Waals surface area contributed by atoms with Crippen molar-refractivity contribution in [2.24, 2.45) is 0 Å². The van der Waals surface area contributed by atoms with Crippen molar-refractivity contribution in [3.05, 3.63) is 107 Å². The summed E-state index contributed by atoms with van der Waals surface area (Å²) in [6.45, 7) is 0.178. The van der Waals surface area contributed by atoms with Gasteiger partial charge in [-0.15, -0.1) is 0 Å². The Hall–Kier alpha value is -4.27. The molecule has 0 spiro atoms. The minimum Gasteiger partial charge on any atom is -0.377 e. The molecule has 1 unspecified atom stereocenters. The maximum Gasteiger partial charge on any atom is 0.251 e. The molecule has 1 aliphatic rings. The number of nitrogens with one attached hydrogen (secondary N) is 3. The number of benzene rings is 3. The standard InChI is InChI=1S/C30H31N3O5/c1-37-26-19-31-27(34)16-15-21-11-8-12-22(17-21)29(35)33-25(18-20-9-4-3-5-10-20)30(36)32-24-14-7-6-13-23(24)28(26)38-2/h3-17,25-26,28H,18-19H2,1-2H3,(H,31,34)(H,32,36)(H,33,35)/b16-15+/t25-,26+,28?/m0/s1. The Morgan fingerprint density at radius 2 is 1.61 bits per heavy atom. The van der Waals surface area contributed by atoms with Crippen LogP contribution in [0.3, 0.4) is 0 Å². The number of methoxy groups -OCH3 is 2. The van der Waals surface area contributed by atoms with Crippen molar-refractivity contribution in [1.82, 2.24) is 10.6 Å². The Morgan fingerprint density at radius 3 is 2.37 bits per heavy atom. The zero-order valence-corrected chi connectivity index (χ0v) is 21.3. The molecular weight excluding hydrogens is 482 g/mol. The second kappa shape index (κ2) is 12.8. The lowest BCUT2D eigenvalue weighted by Gasteiger charge is -2.27. The van der Waals surface area contributed by atoms with Gasteiger partial charge in [-0.1, -0.05) is 60.7 Å². The number of hydrogen-bond donors (Lipinski definition) is 3. The summed E-state index contributed by atoms with van der Waals surface area (Å²) >= 11 is 0. The van der Waals surface area contributed by atoms with Crippen LogP contribution in [-0.4, -0.2) is 50.6 Å². The minimum atomic E-state index is -0.852. The molecule has 0 radical (unpaired) electrons. The third-order valence-corrected chi connectivity index (χ3v) is 6.38. The number of ether oxygens (including phenoxy) is 2. The molecule has 0 saturated heterocycles. The van der Waals surface area contributed by atoms with Crippen LogP contribution in [0, 0.1) is 0 Å². The molecule has 38 heavy (non-hydrogen) atoms. The smallest absolute Gasteiger partial charge is 0.251 e. The highest BCUT2D eigenvalue weighted by molar-refractivity contribution is 6.02. The lowest BCUT2D eigenvalue weighted by atomic mass is 10.0. The number of anilines is 1. The van der Waals surface area contributed by atoms with E-state index in [-0.39, 0.29) is 18.4 Å². The van der Waals surface area contributed by atoms with Gasteiger partial charge >= 0.3 is 0 Å². The van der Waals surface area contributed by atoms with Crippen molar-refractivity contribution in [3.63, 3.8) is 0 Å². The van der Waals surface area contributed by atoms with Crippen LogP contribution in [0.1, 0.15) is 33.2 Å². The second-order valence-electron chi connectivity index (χ2n) is 8.93. The van der Waals surface area contributed by atoms with Crippen molar-refractivity contribution in [2.45, 2.75) is 24.7 Å². The first-order chi connectivity index (χ1) is 18.5. The van der Waals surface area contributed by atoms with E-state index in [1.54, 1.807) is 56.7 Å². The van der Waals surface area contributed by atoms with E-state index in [1.165, 1.54) is 6.08 Å². The van der Waals surface area contributed by atoms with Crippen LogP contribution in [0.25, 0.3) is 6.08 Å². The zero-order chi connectivity index (χ0) is 26.9. The molecule has 2 bridgehead atoms. The van der Waals surface area contributed by atoms with Gasteiger partial charge in [0.25, 0.3) is 5.91 Å². The third kappa shape index (κ3) is 6.73. The first-order valence-corrected chi connectivity index (χ1v) is 12.3. The van der Waals surface area contributed by atoms with Crippen molar-refractivity contribution >= 4 is 29.5 Å². The molecule has 0 aliphatic carbocycles. The van der Waals surface area contributed by atoms with Gasteiger partial charge in [-0.25, -0.2) is 0 Å². The molecule has 1 heterocycles. The maximum absolute atomic E-state index is 13.6. The SMILES string of the molecule is COC1c2ccccc2NC(=O)[C@H](Cc2ccccc2)NC(=O)c2cccc(c2)/C=C/C(=O)NC[C@H]1OC. The van der Waals surface area contributed by atoms with Crippen molar-refractivity contribution in [3.8, 4) is 0 Å². The average molecular weight is 514 g/mol. The van der Waals surface area contributed by atoms with E-state index in [0.29, 0.717) is 28.8 Å². The Bertz CT molecular complexity index is 1310. The fraction of sp³-hybridized carbons (Fsp3) is 0.233. The average Bonchev–Trinajstić information content (AvgIpc) is 2.94. The molecule has 3 aromatic carbocycles. The molecule has 8 heteroatoms. The summed E-state index contributed by atoms with van der Waals surface area (Å²) in [5.74, 6) is -1.08. The summed E-state index contributed by atoms with van der Waals surface area (Å²) in [5, 5.41) is 8.71. The van der Waals surface area contributed by atoms with Crippen LogP contribution in [0.4, 0.5) is 5.69 Å². The molecule has 1 aliphatic heterocycles. The van der Waals surface area contributed by atoms with E-state index in [1.807, 2.05) is 42.5 Å². The molecule has 3 aromatic rings. The van der Waals surface area contributed by atoms with Crippen molar-refractivity contribution in [2.75, 3.05) is 26.1 Å². The Morgan fingerprint density at radius 1 is 0.842 bits per heavy atom. The molecule has 8 nitrogen and oxygen atoms in total. The van der Waals surface area contributed by atoms with Crippen LogP contribution in [0.2, 0.25) is 0 Å². The number of carbonyl (C=O) groups excluding carboxylic acids is 3. The molecule has 3 atom stereocenters. The summed E-state index contributed by atoms with van der Waals surface area (Å²) in [4.78, 5) is 39.4. The van der Waals surface area contributed by atoms with Crippen LogP contribution < -0.4 is 16.0 Å². The van der Waals surface area contributed by atoms with Gasteiger partial charge in [0.05, 0.1) is 0 Å². The number of amides is 3. The summed E-state index contributed by atoms with van der Waals surface area (Å²) in [5.41, 5.74) is 3.16. The van der Waals surface area contributed by atoms with E-state index in [4.69, 9.17) is 9.47 Å². The minimum absolute atomic E-state index is 0.178. The molecule has 0 fully saturated rings. The maximum atomic E-state index is 13.6. The second-order valence-corrected chi connectivity index (χ2v) is 8.93. The fourth-order valence-electron chi connectivity index (χ4n) is 4.39. The van der Waals surface area contributed by atoms with Gasteiger partial charge in [0.15, 0.2) is 0 Å². The van der Waals surface area contributed by atoms with Crippen LogP contribution in [0.5, 0.6) is 0 Å². The number of fused-ring (bicyclic) bond motifs is 3. The van der Waals surface area contributed by atoms with Crippen molar-refractivity contribution in [1.29, 1.82) is 0 Å². The topological polar surface area (TPSA) is 106 Å². The monoisotopic (exact) mass is 513 g/mol. The normalized spacial score (nSPS) is 21.3. The number of rotatable bonds is 4. The number of para-hydroxylation sites is 1. The Balaban J connectivity index is 1.75. The molecule has 3 amide bonds. The lowest BCUT2D eigenvalue weighted by molar-refractivity contribution is -0.118. The quantitative estimate of drug-likeness (QED) is 0.495. The van der Waals surface area contributed by atoms with Gasteiger partial charge in [0, 0.05) is 50.1 Å². The van der Waals surface area contributed by atoms with Crippen molar-refractivity contribution < 1.29 is 23.9 Å². The van der Waals surface area contributed by atoms with Crippen LogP contribution in [-0.2, 0) is 25.5 Å². The van der Waals surface area contributed by atoms with E-state index in [0.717, 1.165) is 5.56 Å². The molecule has 3 N–H and O–H groups in total. The van der Waals surface area contributed by atoms with E-state index in [9.17, 15) is 14.4 Å². The van der Waals surface area contributed by atoms with Gasteiger partial charge < -0.3 is 25.4 Å². The molecule has 196 valence electrons. The van der Waals surface area contributed by atoms with Gasteiger partial charge in [-0.2, -0.15) is 0 Å². The third-order valence-electron chi connectivity index (χ3n) is 6.38. The molecule has 0 aromatic heterocycles. The van der Waals surface area contributed by atoms with Crippen LogP contribution in [0.15, 0.2) is 84.9 Å². The predicted octanol–water partition coefficient (Wildman–Crippen LogP) is 3.51. The molecule has 4 rings (SSSR count). The number of carbonyl (C=O) groups is 3. The highest BCUT2D eigenvalue weighted by Crippen LogP contribution is 2.29. The highest BCUT2D eigenvalue weighted by Gasteiger charge is 2.28. The van der Waals surface area contributed by atoms with Gasteiger partial charge in [0.1, 0.15) is 18.2 Å². The number of hydrogen-bond acceptors (Lipinski definition) is 5. The van der Waals surface area contributed by atoms with Gasteiger partial charge in [0.2, 0.25) is 11.8 Å². The Labute approximate surface area is 222 Å². The van der Waals surface area contributed by atoms with E-state index >= 15 is 0 Å². The van der Waals surface area contributed by atoms with Gasteiger partial charge in [-0.05, 0) is 35.4 Å². The van der Waals surface area contributed by atoms with Gasteiger partial charge in [-0.3, -0.25) is 14.4 Å². The van der Waals surface area contributed by atoms with E-state index in [2.05, 4.69) is 16.0 Å². The highest BCUT2D eigenvalue weighted by atomic mass is 16.5. The largest absolute Gasteiger partial charge is 0.377 e. The summed E-state index contributed by atoms with van der Waals surface area (Å²) < 4.78 is 11.4. The summed E-state index contributed by atoms with van der Waals surface area (Å²) in [6.07, 6.45) is 2.21. The molecular formula is C30H31N3O5. The predicted molar refractivity (Wildman–Crippen MR) is 146 cm³/mol.